The van der Waals surface area contributed by atoms with Crippen molar-refractivity contribution >= 4 is 0 Å². The highest BCUT2D eigenvalue weighted by Crippen LogP contribution is 2.32. The molecule has 0 aliphatic carbocycles. The van der Waals surface area contributed by atoms with E-state index in [0.717, 1.165) is 22.4 Å². The lowest BCUT2D eigenvalue weighted by Crippen LogP contribution is -2.01. The predicted octanol–water partition coefficient (Wildman–Crippen LogP) is 5.82. The van der Waals surface area contributed by atoms with Gasteiger partial charge in [0.1, 0.15) is 24.7 Å². The highest BCUT2D eigenvalue weighted by atomic mass is 16.5. The molecule has 0 bridgehead atoms. The van der Waals surface area contributed by atoms with E-state index in [-0.39, 0.29) is 6.04 Å². The van der Waals surface area contributed by atoms with E-state index in [4.69, 9.17) is 16.0 Å². The average molecular weight is 343 g/mol. The maximum atomic E-state index is 7.32. The van der Waals surface area contributed by atoms with Crippen molar-refractivity contribution < 1.29 is 9.47 Å². The molecule has 0 N–H and O–H groups in total. The van der Waals surface area contributed by atoms with Crippen molar-refractivity contribution in [3.63, 3.8) is 0 Å². The summed E-state index contributed by atoms with van der Waals surface area (Å²) < 4.78 is 11.9. The molecule has 26 heavy (non-hydrogen) atoms. The summed E-state index contributed by atoms with van der Waals surface area (Å²) in [7, 11) is 0. The van der Waals surface area contributed by atoms with Crippen LogP contribution in [0.1, 0.15) is 29.7 Å². The lowest BCUT2D eigenvalue weighted by molar-refractivity contribution is 0.287. The second kappa shape index (κ2) is 8.73. The molecule has 0 saturated carbocycles. The fourth-order valence-electron chi connectivity index (χ4n) is 2.62. The molecule has 0 aromatic heterocycles. The summed E-state index contributed by atoms with van der Waals surface area (Å²) in [6.45, 7) is 10.2. The van der Waals surface area contributed by atoms with Gasteiger partial charge in [0.05, 0.1) is 5.56 Å². The number of rotatable bonds is 7. The first-order chi connectivity index (χ1) is 12.8. The van der Waals surface area contributed by atoms with Crippen LogP contribution in [0.15, 0.2) is 78.9 Å². The standard InChI is InChI=1S/C23H21NO2/c1-18(24-2)22-14-13-21(25-16-19-9-5-3-6-10-19)15-23(22)26-17-20-11-7-4-8-12-20/h3-15,18H,16-17H2,1H3. The first kappa shape index (κ1) is 17.6. The Hall–Kier alpha value is -3.25. The molecule has 3 heteroatoms. The number of hydrogen-bond acceptors (Lipinski definition) is 2. The van der Waals surface area contributed by atoms with Gasteiger partial charge in [0.25, 0.3) is 0 Å². The minimum absolute atomic E-state index is 0.260. The Kier molecular flexibility index (Phi) is 5.90. The Morgan fingerprint density at radius 1 is 0.808 bits per heavy atom. The Morgan fingerprint density at radius 3 is 1.96 bits per heavy atom. The van der Waals surface area contributed by atoms with Crippen LogP contribution in [0.25, 0.3) is 4.85 Å². The van der Waals surface area contributed by atoms with Gasteiger partial charge >= 0.3 is 0 Å². The van der Waals surface area contributed by atoms with Crippen molar-refractivity contribution in [3.8, 4) is 11.5 Å². The van der Waals surface area contributed by atoms with Crippen molar-refractivity contribution in [1.29, 1.82) is 0 Å². The lowest BCUT2D eigenvalue weighted by Gasteiger charge is -2.14. The van der Waals surface area contributed by atoms with Crippen LogP contribution in [0.2, 0.25) is 0 Å². The van der Waals surface area contributed by atoms with Crippen LogP contribution in [-0.4, -0.2) is 0 Å². The van der Waals surface area contributed by atoms with Crippen LogP contribution < -0.4 is 9.47 Å². The van der Waals surface area contributed by atoms with E-state index in [0.29, 0.717) is 19.0 Å². The Morgan fingerprint density at radius 2 is 1.38 bits per heavy atom. The van der Waals surface area contributed by atoms with Crippen LogP contribution >= 0.6 is 0 Å². The quantitative estimate of drug-likeness (QED) is 0.504. The normalized spacial score (nSPS) is 11.4. The molecular weight excluding hydrogens is 322 g/mol. The number of benzene rings is 3. The van der Waals surface area contributed by atoms with Gasteiger partial charge in [-0.05, 0) is 23.3 Å². The number of nitrogens with zero attached hydrogens (tertiary/aromatic N) is 1. The Labute approximate surface area is 154 Å². The van der Waals surface area contributed by atoms with E-state index in [1.165, 1.54) is 0 Å². The van der Waals surface area contributed by atoms with E-state index >= 15 is 0 Å². The first-order valence-electron chi connectivity index (χ1n) is 8.60. The zero-order valence-corrected chi connectivity index (χ0v) is 14.8. The minimum atomic E-state index is -0.260. The van der Waals surface area contributed by atoms with Crippen molar-refractivity contribution in [3.05, 3.63) is 107 Å². The molecule has 1 atom stereocenters. The molecule has 0 aliphatic rings. The van der Waals surface area contributed by atoms with Crippen LogP contribution in [0.5, 0.6) is 11.5 Å². The van der Waals surface area contributed by atoms with Gasteiger partial charge in [-0.3, -0.25) is 0 Å². The van der Waals surface area contributed by atoms with E-state index in [2.05, 4.69) is 4.85 Å². The largest absolute Gasteiger partial charge is 0.489 e. The number of hydrogen-bond donors (Lipinski definition) is 0. The van der Waals surface area contributed by atoms with Crippen LogP contribution in [0.4, 0.5) is 0 Å². The third-order valence-electron chi connectivity index (χ3n) is 4.11. The molecule has 3 aromatic carbocycles. The highest BCUT2D eigenvalue weighted by molar-refractivity contribution is 5.43. The molecular formula is C23H21NO2. The van der Waals surface area contributed by atoms with Crippen molar-refractivity contribution in [2.24, 2.45) is 0 Å². The molecule has 0 fully saturated rings. The monoisotopic (exact) mass is 343 g/mol. The first-order valence-corrected chi connectivity index (χ1v) is 8.60. The summed E-state index contributed by atoms with van der Waals surface area (Å²) in [6.07, 6.45) is 0. The summed E-state index contributed by atoms with van der Waals surface area (Å²) in [6, 6.07) is 25.5. The molecule has 3 aromatic rings. The molecule has 0 heterocycles. The van der Waals surface area contributed by atoms with E-state index in [1.54, 1.807) is 0 Å². The molecule has 130 valence electrons. The summed E-state index contributed by atoms with van der Waals surface area (Å²) in [5.41, 5.74) is 3.07. The average Bonchev–Trinajstić information content (AvgIpc) is 2.71. The molecule has 1 unspecified atom stereocenters. The maximum Gasteiger partial charge on any atom is 0.249 e. The van der Waals surface area contributed by atoms with E-state index in [9.17, 15) is 0 Å². The smallest absolute Gasteiger partial charge is 0.249 e. The van der Waals surface area contributed by atoms with Crippen molar-refractivity contribution in [1.82, 2.24) is 0 Å². The van der Waals surface area contributed by atoms with Gasteiger partial charge < -0.3 is 14.3 Å². The summed E-state index contributed by atoms with van der Waals surface area (Å²) >= 11 is 0. The van der Waals surface area contributed by atoms with Gasteiger partial charge in [-0.1, -0.05) is 60.7 Å². The zero-order valence-electron chi connectivity index (χ0n) is 14.8. The van der Waals surface area contributed by atoms with Gasteiger partial charge in [0, 0.05) is 13.0 Å². The minimum Gasteiger partial charge on any atom is -0.489 e. The Bertz CT molecular complexity index is 870. The second-order valence-electron chi connectivity index (χ2n) is 6.05. The molecule has 3 nitrogen and oxygen atoms in total. The molecule has 0 saturated heterocycles. The molecule has 0 aliphatic heterocycles. The maximum absolute atomic E-state index is 7.32. The lowest BCUT2D eigenvalue weighted by atomic mass is 10.1. The summed E-state index contributed by atoms with van der Waals surface area (Å²) in [5.74, 6) is 1.43. The fourth-order valence-corrected chi connectivity index (χ4v) is 2.62. The van der Waals surface area contributed by atoms with E-state index < -0.39 is 0 Å². The predicted molar refractivity (Wildman–Crippen MR) is 103 cm³/mol. The third-order valence-corrected chi connectivity index (χ3v) is 4.11. The fraction of sp³-hybridized carbons (Fsp3) is 0.174. The van der Waals surface area contributed by atoms with E-state index in [1.807, 2.05) is 85.8 Å². The molecule has 0 spiro atoms. The van der Waals surface area contributed by atoms with Crippen LogP contribution in [-0.2, 0) is 13.2 Å². The van der Waals surface area contributed by atoms with Crippen molar-refractivity contribution in [2.45, 2.75) is 26.2 Å². The topological polar surface area (TPSA) is 22.8 Å². The zero-order chi connectivity index (χ0) is 18.2. The SMILES string of the molecule is [C-]#[N+]C(C)c1ccc(OCc2ccccc2)cc1OCc1ccccc1. The molecule has 0 amide bonds. The van der Waals surface area contributed by atoms with Gasteiger partial charge in [0.2, 0.25) is 6.04 Å². The van der Waals surface area contributed by atoms with Gasteiger partial charge in [0.15, 0.2) is 0 Å². The Balaban J connectivity index is 1.76. The molecule has 3 rings (SSSR count). The third kappa shape index (κ3) is 4.64. The van der Waals surface area contributed by atoms with Crippen molar-refractivity contribution in [2.75, 3.05) is 0 Å². The van der Waals surface area contributed by atoms with Gasteiger partial charge in [-0.2, -0.15) is 0 Å². The summed E-state index contributed by atoms with van der Waals surface area (Å²) in [5, 5.41) is 0. The highest BCUT2D eigenvalue weighted by Gasteiger charge is 2.16. The van der Waals surface area contributed by atoms with Crippen LogP contribution in [0.3, 0.4) is 0 Å². The van der Waals surface area contributed by atoms with Crippen LogP contribution in [0, 0.1) is 6.57 Å². The van der Waals surface area contributed by atoms with Gasteiger partial charge in [-0.25, -0.2) is 6.57 Å². The molecule has 0 radical (unpaired) electrons. The second-order valence-corrected chi connectivity index (χ2v) is 6.05. The summed E-state index contributed by atoms with van der Waals surface area (Å²) in [4.78, 5) is 3.63. The number of ether oxygens (including phenoxy) is 2. The van der Waals surface area contributed by atoms with Gasteiger partial charge in [-0.15, -0.1) is 0 Å².